The standard InChI is InChI=1S/2C22H30N2O5/c2*1-14-9-16-10-15(5-6-18(16)20(25)28-14)19-12-23-7-8-24(11-17(23)13-27-19)21(26)29-22(2,3)4/h2*5-6,10,14,17,19H,7-9,11-13H2,1-4H3/t14-,17-,19+;14-,17-,19-/m11/s1. The molecule has 6 aliphatic rings. The van der Waals surface area contributed by atoms with Crippen molar-refractivity contribution in [1.82, 2.24) is 19.6 Å². The Morgan fingerprint density at radius 2 is 1.00 bits per heavy atom. The lowest BCUT2D eigenvalue weighted by Crippen LogP contribution is -2.60. The maximum Gasteiger partial charge on any atom is 0.410 e. The van der Waals surface area contributed by atoms with Crippen LogP contribution in [-0.2, 0) is 41.3 Å². The molecule has 316 valence electrons. The first-order valence-electron chi connectivity index (χ1n) is 20.7. The first-order chi connectivity index (χ1) is 27.4. The van der Waals surface area contributed by atoms with E-state index in [9.17, 15) is 19.2 Å². The summed E-state index contributed by atoms with van der Waals surface area (Å²) in [5, 5.41) is 0. The van der Waals surface area contributed by atoms with Crippen molar-refractivity contribution in [1.29, 1.82) is 0 Å². The van der Waals surface area contributed by atoms with Crippen LogP contribution in [0.25, 0.3) is 0 Å². The van der Waals surface area contributed by atoms with Crippen molar-refractivity contribution in [3.05, 3.63) is 69.8 Å². The zero-order chi connectivity index (χ0) is 41.5. The molecule has 4 saturated heterocycles. The van der Waals surface area contributed by atoms with Gasteiger partial charge in [-0.1, -0.05) is 24.3 Å². The molecule has 6 atom stereocenters. The van der Waals surface area contributed by atoms with Crippen molar-refractivity contribution in [2.45, 2.75) is 116 Å². The maximum atomic E-state index is 12.4. The number of piperazine rings is 2. The second-order valence-electron chi connectivity index (χ2n) is 18.5. The topological polar surface area (TPSA) is 137 Å². The second-order valence-corrected chi connectivity index (χ2v) is 18.5. The molecule has 0 aliphatic carbocycles. The zero-order valence-electron chi connectivity index (χ0n) is 35.3. The number of ether oxygens (including phenoxy) is 6. The summed E-state index contributed by atoms with van der Waals surface area (Å²) >= 11 is 0. The summed E-state index contributed by atoms with van der Waals surface area (Å²) in [6, 6.07) is 12.2. The van der Waals surface area contributed by atoms with Crippen molar-refractivity contribution in [2.75, 3.05) is 65.6 Å². The summed E-state index contributed by atoms with van der Waals surface area (Å²) < 4.78 is 34.0. The fourth-order valence-corrected chi connectivity index (χ4v) is 8.52. The molecule has 0 spiro atoms. The molecule has 2 aromatic rings. The van der Waals surface area contributed by atoms with Gasteiger partial charge in [0.25, 0.3) is 0 Å². The first kappa shape index (κ1) is 41.9. The van der Waals surface area contributed by atoms with Gasteiger partial charge in [-0.15, -0.1) is 0 Å². The van der Waals surface area contributed by atoms with Gasteiger partial charge in [0.2, 0.25) is 0 Å². The van der Waals surface area contributed by atoms with Gasteiger partial charge in [0.15, 0.2) is 0 Å². The second kappa shape index (κ2) is 16.8. The molecule has 0 N–H and O–H groups in total. The number of carbonyl (C=O) groups excluding carboxylic acids is 4. The van der Waals surface area contributed by atoms with Gasteiger partial charge in [0.1, 0.15) is 23.4 Å². The smallest absolute Gasteiger partial charge is 0.410 e. The minimum Gasteiger partial charge on any atom is -0.459 e. The molecule has 58 heavy (non-hydrogen) atoms. The van der Waals surface area contributed by atoms with Crippen LogP contribution >= 0.6 is 0 Å². The number of rotatable bonds is 2. The van der Waals surface area contributed by atoms with Gasteiger partial charge >= 0.3 is 24.1 Å². The summed E-state index contributed by atoms with van der Waals surface area (Å²) in [6.45, 7) is 22.0. The lowest BCUT2D eigenvalue weighted by atomic mass is 9.94. The van der Waals surface area contributed by atoms with Crippen LogP contribution < -0.4 is 0 Å². The molecule has 6 aliphatic heterocycles. The Balaban J connectivity index is 0.000000177. The Kier molecular flexibility index (Phi) is 12.1. The quantitative estimate of drug-likeness (QED) is 0.278. The number of morpholine rings is 2. The predicted molar refractivity (Wildman–Crippen MR) is 214 cm³/mol. The molecule has 14 heteroatoms. The average molecular weight is 805 g/mol. The summed E-state index contributed by atoms with van der Waals surface area (Å²) in [7, 11) is 0. The molecule has 0 radical (unpaired) electrons. The number of cyclic esters (lactones) is 2. The van der Waals surface area contributed by atoms with Gasteiger partial charge in [0.05, 0.1) is 48.6 Å². The fourth-order valence-electron chi connectivity index (χ4n) is 8.52. The fraction of sp³-hybridized carbons (Fsp3) is 0.636. The molecule has 6 heterocycles. The zero-order valence-corrected chi connectivity index (χ0v) is 35.3. The SMILES string of the molecule is C[C@@H]1Cc2cc([C@@H]3CN4CCN(C(=O)OC(C)(C)C)C[C@@H]4CO3)ccc2C(=O)O1.C[C@@H]1Cc2cc([C@H]3CN4CCN(C(=O)OC(C)(C)C)C[C@@H]4CO3)ccc2C(=O)O1. The van der Waals surface area contributed by atoms with Crippen molar-refractivity contribution in [2.24, 2.45) is 0 Å². The molecular formula is C44H60N4O10. The van der Waals surface area contributed by atoms with Crippen molar-refractivity contribution in [3.63, 3.8) is 0 Å². The Bertz CT molecular complexity index is 1740. The Morgan fingerprint density at radius 1 is 0.603 bits per heavy atom. The molecule has 2 amide bonds. The van der Waals surface area contributed by atoms with E-state index in [0.717, 1.165) is 61.3 Å². The summed E-state index contributed by atoms with van der Waals surface area (Å²) in [5.41, 5.74) is 4.60. The van der Waals surface area contributed by atoms with Crippen molar-refractivity contribution < 1.29 is 47.6 Å². The minimum absolute atomic E-state index is 0.0297. The largest absolute Gasteiger partial charge is 0.459 e. The van der Waals surface area contributed by atoms with Crippen LogP contribution in [0.3, 0.4) is 0 Å². The van der Waals surface area contributed by atoms with E-state index < -0.39 is 11.2 Å². The van der Waals surface area contributed by atoms with E-state index in [4.69, 9.17) is 28.4 Å². The first-order valence-corrected chi connectivity index (χ1v) is 20.7. The van der Waals surface area contributed by atoms with Crippen LogP contribution in [0, 0.1) is 0 Å². The normalized spacial score (nSPS) is 27.7. The highest BCUT2D eigenvalue weighted by atomic mass is 16.6. The van der Waals surface area contributed by atoms with Crippen LogP contribution in [-0.4, -0.2) is 145 Å². The average Bonchev–Trinajstić information content (AvgIpc) is 3.15. The molecule has 0 unspecified atom stereocenters. The van der Waals surface area contributed by atoms with E-state index in [2.05, 4.69) is 21.9 Å². The molecule has 0 aromatic heterocycles. The lowest BCUT2D eigenvalue weighted by molar-refractivity contribution is -0.0908. The minimum atomic E-state index is -0.487. The van der Waals surface area contributed by atoms with E-state index >= 15 is 0 Å². The molecule has 8 rings (SSSR count). The number of esters is 2. The molecule has 0 saturated carbocycles. The van der Waals surface area contributed by atoms with Gasteiger partial charge in [-0.2, -0.15) is 0 Å². The molecule has 14 nitrogen and oxygen atoms in total. The van der Waals surface area contributed by atoms with Crippen molar-refractivity contribution >= 4 is 24.1 Å². The van der Waals surface area contributed by atoms with Gasteiger partial charge in [-0.25, -0.2) is 19.2 Å². The Morgan fingerprint density at radius 3 is 1.38 bits per heavy atom. The van der Waals surface area contributed by atoms with Gasteiger partial charge in [-0.05, 0) is 89.8 Å². The van der Waals surface area contributed by atoms with E-state index in [1.165, 1.54) is 0 Å². The third-order valence-corrected chi connectivity index (χ3v) is 11.4. The number of carbonyl (C=O) groups is 4. The highest BCUT2D eigenvalue weighted by molar-refractivity contribution is 5.93. The number of hydrogen-bond donors (Lipinski definition) is 0. The molecular weight excluding hydrogens is 745 g/mol. The third kappa shape index (κ3) is 9.95. The van der Waals surface area contributed by atoms with Crippen LogP contribution in [0.2, 0.25) is 0 Å². The van der Waals surface area contributed by atoms with E-state index in [1.54, 1.807) is 9.80 Å². The van der Waals surface area contributed by atoms with Gasteiger partial charge in [-0.3, -0.25) is 9.80 Å². The van der Waals surface area contributed by atoms with Gasteiger partial charge < -0.3 is 38.2 Å². The summed E-state index contributed by atoms with van der Waals surface area (Å²) in [6.07, 6.45) is 0.712. The molecule has 0 bridgehead atoms. The highest BCUT2D eigenvalue weighted by Gasteiger charge is 2.39. The predicted octanol–water partition coefficient (Wildman–Crippen LogP) is 5.56. The Labute approximate surface area is 342 Å². The lowest BCUT2D eigenvalue weighted by Gasteiger charge is -2.46. The highest BCUT2D eigenvalue weighted by Crippen LogP contribution is 2.33. The number of benzene rings is 2. The Hall–Kier alpha value is -4.24. The van der Waals surface area contributed by atoms with Crippen LogP contribution in [0.5, 0.6) is 0 Å². The van der Waals surface area contributed by atoms with E-state index in [-0.39, 0.29) is 60.6 Å². The van der Waals surface area contributed by atoms with Gasteiger partial charge in [0, 0.05) is 65.2 Å². The molecule has 2 aromatic carbocycles. The van der Waals surface area contributed by atoms with E-state index in [0.29, 0.717) is 50.5 Å². The van der Waals surface area contributed by atoms with Crippen LogP contribution in [0.15, 0.2) is 36.4 Å². The number of fused-ring (bicyclic) bond motifs is 4. The monoisotopic (exact) mass is 804 g/mol. The van der Waals surface area contributed by atoms with Crippen LogP contribution in [0.1, 0.15) is 111 Å². The summed E-state index contributed by atoms with van der Waals surface area (Å²) in [5.74, 6) is -0.485. The molecule has 4 fully saturated rings. The number of amides is 2. The third-order valence-electron chi connectivity index (χ3n) is 11.4. The van der Waals surface area contributed by atoms with Crippen LogP contribution in [0.4, 0.5) is 9.59 Å². The van der Waals surface area contributed by atoms with E-state index in [1.807, 2.05) is 79.7 Å². The summed E-state index contributed by atoms with van der Waals surface area (Å²) in [4.78, 5) is 57.2. The van der Waals surface area contributed by atoms with Crippen molar-refractivity contribution in [3.8, 4) is 0 Å². The number of nitrogens with zero attached hydrogens (tertiary/aromatic N) is 4. The number of hydrogen-bond acceptors (Lipinski definition) is 12. The maximum absolute atomic E-state index is 12.4.